The van der Waals surface area contributed by atoms with E-state index in [1.54, 1.807) is 7.11 Å². The van der Waals surface area contributed by atoms with Gasteiger partial charge < -0.3 is 21.1 Å². The Balaban J connectivity index is 0.00000625. The Morgan fingerprint density at radius 3 is 2.42 bits per heavy atom. The first-order valence-electron chi connectivity index (χ1n) is 8.86. The minimum Gasteiger partial charge on any atom is -0.497 e. The molecule has 0 aliphatic heterocycles. The van der Waals surface area contributed by atoms with Gasteiger partial charge in [0.15, 0.2) is 5.96 Å². The van der Waals surface area contributed by atoms with E-state index in [0.29, 0.717) is 18.4 Å². The largest absolute Gasteiger partial charge is 0.497 e. The molecule has 4 N–H and O–H groups in total. The number of aliphatic imine (C=N–C) groups is 1. The number of hydrogen-bond donors (Lipinski definition) is 3. The van der Waals surface area contributed by atoms with Crippen LogP contribution in [0, 0.1) is 5.92 Å². The van der Waals surface area contributed by atoms with E-state index in [-0.39, 0.29) is 42.5 Å². The maximum atomic E-state index is 11.9. The number of rotatable bonds is 10. The Morgan fingerprint density at radius 2 is 1.85 bits per heavy atom. The number of ether oxygens (including phenoxy) is 1. The van der Waals surface area contributed by atoms with Gasteiger partial charge in [-0.1, -0.05) is 38.8 Å². The molecule has 1 aromatic carbocycles. The van der Waals surface area contributed by atoms with E-state index in [9.17, 15) is 4.79 Å². The average Bonchev–Trinajstić information content (AvgIpc) is 2.58. The summed E-state index contributed by atoms with van der Waals surface area (Å²) in [4.78, 5) is 15.9. The molecule has 7 heteroatoms. The van der Waals surface area contributed by atoms with E-state index in [1.807, 2.05) is 24.3 Å². The quantitative estimate of drug-likeness (QED) is 0.275. The van der Waals surface area contributed by atoms with E-state index < -0.39 is 0 Å². The summed E-state index contributed by atoms with van der Waals surface area (Å²) in [5.41, 5.74) is 6.84. The molecule has 1 atom stereocenters. The number of benzene rings is 1. The van der Waals surface area contributed by atoms with Gasteiger partial charge in [-0.2, -0.15) is 0 Å². The normalized spacial score (nSPS) is 12.3. The minimum absolute atomic E-state index is 0. The second-order valence-corrected chi connectivity index (χ2v) is 6.70. The molecule has 148 valence electrons. The van der Waals surface area contributed by atoms with Crippen LogP contribution in [0.1, 0.15) is 45.6 Å². The van der Waals surface area contributed by atoms with Gasteiger partial charge in [-0.15, -0.1) is 24.0 Å². The third-order valence-corrected chi connectivity index (χ3v) is 3.85. The highest BCUT2D eigenvalue weighted by molar-refractivity contribution is 14.0. The fraction of sp³-hybridized carbons (Fsp3) is 0.579. The third kappa shape index (κ3) is 11.2. The molecule has 6 nitrogen and oxygen atoms in total. The van der Waals surface area contributed by atoms with Crippen molar-refractivity contribution in [2.45, 2.75) is 52.6 Å². The van der Waals surface area contributed by atoms with E-state index >= 15 is 0 Å². The lowest BCUT2D eigenvalue weighted by Gasteiger charge is -2.15. The molecule has 0 bridgehead atoms. The number of hydrogen-bond acceptors (Lipinski definition) is 3. The number of methoxy groups -OCH3 is 1. The number of halogens is 1. The van der Waals surface area contributed by atoms with Crippen molar-refractivity contribution in [3.05, 3.63) is 29.8 Å². The van der Waals surface area contributed by atoms with Crippen LogP contribution in [-0.2, 0) is 11.3 Å². The minimum atomic E-state index is -0.159. The highest BCUT2D eigenvalue weighted by Gasteiger charge is 2.05. The Morgan fingerprint density at radius 1 is 1.19 bits per heavy atom. The Kier molecular flexibility index (Phi) is 12.9. The summed E-state index contributed by atoms with van der Waals surface area (Å²) >= 11 is 0. The molecule has 0 heterocycles. The fourth-order valence-corrected chi connectivity index (χ4v) is 2.36. The van der Waals surface area contributed by atoms with Crippen molar-refractivity contribution >= 4 is 35.8 Å². The predicted molar refractivity (Wildman–Crippen MR) is 118 cm³/mol. The van der Waals surface area contributed by atoms with Crippen molar-refractivity contribution < 1.29 is 9.53 Å². The van der Waals surface area contributed by atoms with Crippen LogP contribution in [0.5, 0.6) is 5.75 Å². The van der Waals surface area contributed by atoms with Gasteiger partial charge in [0.05, 0.1) is 7.11 Å². The maximum absolute atomic E-state index is 11.9. The average molecular weight is 476 g/mol. The topological polar surface area (TPSA) is 88.7 Å². The zero-order valence-electron chi connectivity index (χ0n) is 16.2. The van der Waals surface area contributed by atoms with Crippen LogP contribution in [0.25, 0.3) is 0 Å². The van der Waals surface area contributed by atoms with E-state index in [0.717, 1.165) is 24.2 Å². The maximum Gasteiger partial charge on any atom is 0.242 e. The van der Waals surface area contributed by atoms with Crippen molar-refractivity contribution in [1.82, 2.24) is 10.6 Å². The number of carbonyl (C=O) groups is 1. The molecule has 1 amide bonds. The molecule has 0 saturated carbocycles. The molecular weight excluding hydrogens is 443 g/mol. The van der Waals surface area contributed by atoms with Gasteiger partial charge in [-0.3, -0.25) is 4.79 Å². The lowest BCUT2D eigenvalue weighted by molar-refractivity contribution is -0.119. The van der Waals surface area contributed by atoms with E-state index in [1.165, 1.54) is 6.42 Å². The Labute approximate surface area is 174 Å². The van der Waals surface area contributed by atoms with E-state index in [2.05, 4.69) is 36.4 Å². The van der Waals surface area contributed by atoms with Crippen molar-refractivity contribution in [2.24, 2.45) is 16.6 Å². The molecule has 0 aliphatic carbocycles. The van der Waals surface area contributed by atoms with Crippen molar-refractivity contribution in [2.75, 3.05) is 13.7 Å². The van der Waals surface area contributed by atoms with Crippen LogP contribution < -0.4 is 21.1 Å². The number of nitrogens with zero attached hydrogens (tertiary/aromatic N) is 1. The van der Waals surface area contributed by atoms with Crippen molar-refractivity contribution in [3.63, 3.8) is 0 Å². The summed E-state index contributed by atoms with van der Waals surface area (Å²) in [6.07, 6.45) is 3.40. The number of nitrogens with two attached hydrogens (primary N) is 1. The van der Waals surface area contributed by atoms with Gasteiger partial charge in [0.2, 0.25) is 5.91 Å². The van der Waals surface area contributed by atoms with Gasteiger partial charge in [-0.25, -0.2) is 4.99 Å². The van der Waals surface area contributed by atoms with E-state index in [4.69, 9.17) is 10.5 Å². The van der Waals surface area contributed by atoms with Gasteiger partial charge >= 0.3 is 0 Å². The molecule has 0 spiro atoms. The lowest BCUT2D eigenvalue weighted by atomic mass is 10.0. The van der Waals surface area contributed by atoms with Gasteiger partial charge in [0.1, 0.15) is 12.3 Å². The van der Waals surface area contributed by atoms with Gasteiger partial charge in [-0.05, 0) is 37.0 Å². The highest BCUT2D eigenvalue weighted by Crippen LogP contribution is 2.11. The second-order valence-electron chi connectivity index (χ2n) is 6.70. The molecule has 0 fully saturated rings. The summed E-state index contributed by atoms with van der Waals surface area (Å²) in [6, 6.07) is 7.81. The first-order chi connectivity index (χ1) is 11.9. The summed E-state index contributed by atoms with van der Waals surface area (Å²) in [6.45, 7) is 6.99. The smallest absolute Gasteiger partial charge is 0.242 e. The highest BCUT2D eigenvalue weighted by atomic mass is 127. The summed E-state index contributed by atoms with van der Waals surface area (Å²) in [7, 11) is 1.62. The summed E-state index contributed by atoms with van der Waals surface area (Å²) in [5.74, 6) is 1.67. The van der Waals surface area contributed by atoms with Crippen molar-refractivity contribution in [3.8, 4) is 5.75 Å². The monoisotopic (exact) mass is 476 g/mol. The zero-order valence-corrected chi connectivity index (χ0v) is 18.6. The molecule has 0 aliphatic rings. The van der Waals surface area contributed by atoms with Gasteiger partial charge in [0.25, 0.3) is 0 Å². The summed E-state index contributed by atoms with van der Waals surface area (Å²) in [5, 5.41) is 5.95. The number of amides is 1. The standard InChI is InChI=1S/C19H32N4O2.HI/c1-14(2)6-5-7-15(3)23-19(20)22-13-18(24)21-12-16-8-10-17(25-4)11-9-16;/h8-11,14-15H,5-7,12-13H2,1-4H3,(H,21,24)(H3,20,22,23);1H. The second kappa shape index (κ2) is 13.7. The SMILES string of the molecule is COc1ccc(CNC(=O)CN=C(N)NC(C)CCCC(C)C)cc1.I. The number of carbonyl (C=O) groups excluding carboxylic acids is 1. The van der Waals surface area contributed by atoms with Gasteiger partial charge in [0, 0.05) is 12.6 Å². The first-order valence-corrected chi connectivity index (χ1v) is 8.86. The first kappa shape index (κ1) is 24.5. The third-order valence-electron chi connectivity index (χ3n) is 3.85. The number of guanidine groups is 1. The van der Waals surface area contributed by atoms with Crippen LogP contribution >= 0.6 is 24.0 Å². The van der Waals surface area contributed by atoms with Crippen LogP contribution in [0.15, 0.2) is 29.3 Å². The number of nitrogens with one attached hydrogen (secondary N) is 2. The molecule has 0 aromatic heterocycles. The van der Waals surface area contributed by atoms with Crippen molar-refractivity contribution in [1.29, 1.82) is 0 Å². The van der Waals surface area contributed by atoms with Crippen LogP contribution in [0.4, 0.5) is 0 Å². The molecule has 0 radical (unpaired) electrons. The fourth-order valence-electron chi connectivity index (χ4n) is 2.36. The molecule has 1 rings (SSSR count). The zero-order chi connectivity index (χ0) is 18.7. The molecule has 1 unspecified atom stereocenters. The molecule has 0 saturated heterocycles. The predicted octanol–water partition coefficient (Wildman–Crippen LogP) is 3.05. The lowest BCUT2D eigenvalue weighted by Crippen LogP contribution is -2.39. The molecule has 26 heavy (non-hydrogen) atoms. The van der Waals surface area contributed by atoms with Crippen LogP contribution in [0.2, 0.25) is 0 Å². The Hall–Kier alpha value is -1.51. The Bertz CT molecular complexity index is 547. The van der Waals surface area contributed by atoms with Crippen LogP contribution in [0.3, 0.4) is 0 Å². The molecular formula is C19H33IN4O2. The molecule has 1 aromatic rings. The van der Waals surface area contributed by atoms with Crippen LogP contribution in [-0.4, -0.2) is 31.6 Å². The summed E-state index contributed by atoms with van der Waals surface area (Å²) < 4.78 is 5.10.